The molecule has 19 heavy (non-hydrogen) atoms. The van der Waals surface area contributed by atoms with Crippen molar-refractivity contribution in [2.75, 3.05) is 25.0 Å². The van der Waals surface area contributed by atoms with Gasteiger partial charge in [0.1, 0.15) is 13.2 Å². The second-order valence-electron chi connectivity index (χ2n) is 3.34. The minimum absolute atomic E-state index is 0.0391. The van der Waals surface area contributed by atoms with Gasteiger partial charge < -0.3 is 9.47 Å². The number of hydrogen-bond donors (Lipinski definition) is 0. The van der Waals surface area contributed by atoms with Crippen LogP contribution < -0.4 is 0 Å². The van der Waals surface area contributed by atoms with Crippen LogP contribution in [0.5, 0.6) is 0 Å². The van der Waals surface area contributed by atoms with Gasteiger partial charge in [0.15, 0.2) is 0 Å². The molecule has 0 fully saturated rings. The summed E-state index contributed by atoms with van der Waals surface area (Å²) >= 11 is 16.6. The van der Waals surface area contributed by atoms with Crippen molar-refractivity contribution in [2.45, 2.75) is 0 Å². The van der Waals surface area contributed by atoms with Gasteiger partial charge in [0.05, 0.1) is 22.9 Å². The average Bonchev–Trinajstić information content (AvgIpc) is 2.41. The minimum atomic E-state index is -0.680. The smallest absolute Gasteiger partial charge is 0.339 e. The van der Waals surface area contributed by atoms with Gasteiger partial charge in [-0.25, -0.2) is 9.59 Å². The van der Waals surface area contributed by atoms with Crippen LogP contribution in [0.4, 0.5) is 0 Å². The predicted octanol–water partition coefficient (Wildman–Crippen LogP) is 3.13. The molecule has 4 nitrogen and oxygen atoms in total. The molecule has 1 rings (SSSR count). The molecule has 0 aliphatic rings. The van der Waals surface area contributed by atoms with Crippen LogP contribution in [-0.2, 0) is 9.47 Å². The van der Waals surface area contributed by atoms with E-state index in [4.69, 9.17) is 44.3 Å². The highest BCUT2D eigenvalue weighted by molar-refractivity contribution is 6.31. The summed E-state index contributed by atoms with van der Waals surface area (Å²) in [7, 11) is 0. The molecule has 0 N–H and O–H groups in total. The first-order valence-electron chi connectivity index (χ1n) is 5.36. The molecule has 1 aromatic rings. The Hall–Kier alpha value is -0.970. The summed E-state index contributed by atoms with van der Waals surface area (Å²) in [6.45, 7) is 0.0995. The summed E-state index contributed by atoms with van der Waals surface area (Å²) in [5.74, 6) is -1.000. The molecule has 0 amide bonds. The van der Waals surface area contributed by atoms with Crippen molar-refractivity contribution in [1.29, 1.82) is 0 Å². The molecule has 0 bridgehead atoms. The van der Waals surface area contributed by atoms with Gasteiger partial charge in [-0.2, -0.15) is 0 Å². The number of carbonyl (C=O) groups is 2. The quantitative estimate of drug-likeness (QED) is 0.595. The summed E-state index contributed by atoms with van der Waals surface area (Å²) in [6, 6.07) is 4.22. The zero-order valence-corrected chi connectivity index (χ0v) is 12.1. The molecule has 0 aromatic heterocycles. The Bertz CT molecular complexity index is 462. The topological polar surface area (TPSA) is 52.6 Å². The highest BCUT2D eigenvalue weighted by Gasteiger charge is 2.19. The van der Waals surface area contributed by atoms with E-state index >= 15 is 0 Å². The zero-order valence-electron chi connectivity index (χ0n) is 9.83. The Morgan fingerprint density at radius 2 is 1.47 bits per heavy atom. The van der Waals surface area contributed by atoms with Gasteiger partial charge in [0.25, 0.3) is 0 Å². The van der Waals surface area contributed by atoms with E-state index in [-0.39, 0.29) is 36.1 Å². The van der Waals surface area contributed by atoms with Gasteiger partial charge in [-0.15, -0.1) is 23.2 Å². The van der Waals surface area contributed by atoms with Crippen LogP contribution >= 0.6 is 34.8 Å². The van der Waals surface area contributed by atoms with Crippen LogP contribution in [-0.4, -0.2) is 36.9 Å². The number of benzene rings is 1. The highest BCUT2D eigenvalue weighted by atomic mass is 35.5. The molecule has 0 atom stereocenters. The lowest BCUT2D eigenvalue weighted by molar-refractivity contribution is 0.0482. The van der Waals surface area contributed by atoms with Crippen LogP contribution in [0, 0.1) is 0 Å². The maximum Gasteiger partial charge on any atom is 0.339 e. The number of rotatable bonds is 6. The van der Waals surface area contributed by atoms with Gasteiger partial charge in [-0.3, -0.25) is 0 Å². The van der Waals surface area contributed by atoms with E-state index in [2.05, 4.69) is 0 Å². The summed E-state index contributed by atoms with van der Waals surface area (Å²) < 4.78 is 9.73. The molecular weight excluding hydrogens is 314 g/mol. The summed E-state index contributed by atoms with van der Waals surface area (Å²) in [4.78, 5) is 23.5. The van der Waals surface area contributed by atoms with E-state index in [9.17, 15) is 9.59 Å². The minimum Gasteiger partial charge on any atom is -0.461 e. The van der Waals surface area contributed by atoms with Gasteiger partial charge >= 0.3 is 11.9 Å². The Balaban J connectivity index is 2.97. The second-order valence-corrected chi connectivity index (χ2v) is 4.53. The number of alkyl halides is 2. The fourth-order valence-corrected chi connectivity index (χ4v) is 1.61. The zero-order chi connectivity index (χ0) is 14.3. The van der Waals surface area contributed by atoms with E-state index in [1.807, 2.05) is 0 Å². The third-order valence-corrected chi connectivity index (χ3v) is 2.59. The van der Waals surface area contributed by atoms with E-state index < -0.39 is 11.9 Å². The number of ether oxygens (including phenoxy) is 2. The first kappa shape index (κ1) is 16.1. The molecule has 7 heteroatoms. The summed E-state index contributed by atoms with van der Waals surface area (Å²) in [5, 5.41) is 0.312. The number of halogens is 3. The molecule has 1 aromatic carbocycles. The lowest BCUT2D eigenvalue weighted by Crippen LogP contribution is -2.15. The van der Waals surface area contributed by atoms with Crippen molar-refractivity contribution in [2.24, 2.45) is 0 Å². The summed E-state index contributed by atoms with van der Waals surface area (Å²) in [5.41, 5.74) is 0.117. The van der Waals surface area contributed by atoms with Crippen molar-refractivity contribution in [3.05, 3.63) is 34.3 Å². The monoisotopic (exact) mass is 324 g/mol. The maximum atomic E-state index is 11.8. The lowest BCUT2D eigenvalue weighted by atomic mass is 10.1. The van der Waals surface area contributed by atoms with E-state index in [1.54, 1.807) is 0 Å². The Morgan fingerprint density at radius 3 is 2.00 bits per heavy atom. The fraction of sp³-hybridized carbons (Fsp3) is 0.333. The normalized spacial score (nSPS) is 10.1. The molecule has 0 aliphatic heterocycles. The second kappa shape index (κ2) is 8.25. The van der Waals surface area contributed by atoms with Crippen molar-refractivity contribution in [3.8, 4) is 0 Å². The van der Waals surface area contributed by atoms with Crippen molar-refractivity contribution in [1.82, 2.24) is 0 Å². The van der Waals surface area contributed by atoms with Gasteiger partial charge in [-0.1, -0.05) is 11.6 Å². The molecule has 104 valence electrons. The van der Waals surface area contributed by atoms with Crippen molar-refractivity contribution in [3.63, 3.8) is 0 Å². The average molecular weight is 326 g/mol. The Kier molecular flexibility index (Phi) is 6.99. The summed E-state index contributed by atoms with van der Waals surface area (Å²) in [6.07, 6.45) is 0. The third kappa shape index (κ3) is 4.90. The van der Waals surface area contributed by atoms with Crippen LogP contribution in [0.25, 0.3) is 0 Å². The highest BCUT2D eigenvalue weighted by Crippen LogP contribution is 2.18. The van der Waals surface area contributed by atoms with Gasteiger partial charge in [-0.05, 0) is 18.2 Å². The third-order valence-electron chi connectivity index (χ3n) is 2.04. The van der Waals surface area contributed by atoms with Crippen LogP contribution in [0.3, 0.4) is 0 Å². The SMILES string of the molecule is O=C(OCCCl)c1ccc(Cl)cc1C(=O)OCCCl. The van der Waals surface area contributed by atoms with E-state index in [0.29, 0.717) is 5.02 Å². The first-order chi connectivity index (χ1) is 9.10. The molecule has 0 saturated carbocycles. The molecule has 0 aliphatic carbocycles. The van der Waals surface area contributed by atoms with Crippen molar-refractivity contribution >= 4 is 46.7 Å². The predicted molar refractivity (Wildman–Crippen MR) is 73.5 cm³/mol. The largest absolute Gasteiger partial charge is 0.461 e. The molecule has 0 heterocycles. The van der Waals surface area contributed by atoms with Crippen LogP contribution in [0.1, 0.15) is 20.7 Å². The van der Waals surface area contributed by atoms with Gasteiger partial charge in [0, 0.05) is 5.02 Å². The number of esters is 2. The lowest BCUT2D eigenvalue weighted by Gasteiger charge is -2.09. The molecular formula is C12H11Cl3O4. The van der Waals surface area contributed by atoms with Crippen LogP contribution in [0.2, 0.25) is 5.02 Å². The molecule has 0 spiro atoms. The van der Waals surface area contributed by atoms with Crippen molar-refractivity contribution < 1.29 is 19.1 Å². The van der Waals surface area contributed by atoms with E-state index in [0.717, 1.165) is 0 Å². The standard InChI is InChI=1S/C12H11Cl3O4/c13-3-5-18-11(16)9-2-1-8(15)7-10(9)12(17)19-6-4-14/h1-2,7H,3-6H2. The van der Waals surface area contributed by atoms with Crippen LogP contribution in [0.15, 0.2) is 18.2 Å². The first-order valence-corrected chi connectivity index (χ1v) is 6.80. The molecule has 0 saturated heterocycles. The van der Waals surface area contributed by atoms with E-state index in [1.165, 1.54) is 18.2 Å². The number of hydrogen-bond acceptors (Lipinski definition) is 4. The fourth-order valence-electron chi connectivity index (χ4n) is 1.28. The number of carbonyl (C=O) groups excluding carboxylic acids is 2. The van der Waals surface area contributed by atoms with Gasteiger partial charge in [0.2, 0.25) is 0 Å². The molecule has 0 radical (unpaired) electrons. The maximum absolute atomic E-state index is 11.8. The molecule has 0 unspecified atom stereocenters. The Labute approximate surface area is 125 Å². The Morgan fingerprint density at radius 1 is 0.947 bits per heavy atom.